The molecule has 0 saturated carbocycles. The molecule has 0 saturated heterocycles. The van der Waals surface area contributed by atoms with E-state index in [1.165, 1.54) is 5.56 Å². The molecular formula is C19H14O2S2. The Labute approximate surface area is 142 Å². The zero-order chi connectivity index (χ0) is 15.8. The number of hydrogen-bond acceptors (Lipinski definition) is 4. The zero-order valence-electron chi connectivity index (χ0n) is 12.5. The Balaban J connectivity index is 1.88. The number of furan rings is 1. The van der Waals surface area contributed by atoms with Gasteiger partial charge in [0.05, 0.1) is 5.56 Å². The van der Waals surface area contributed by atoms with E-state index in [1.807, 2.05) is 42.7 Å². The molecule has 0 spiro atoms. The van der Waals surface area contributed by atoms with Crippen LogP contribution >= 0.6 is 21.6 Å². The maximum absolute atomic E-state index is 12.5. The van der Waals surface area contributed by atoms with Crippen LogP contribution in [0.15, 0.2) is 68.7 Å². The molecule has 1 aromatic carbocycles. The average Bonchev–Trinajstić information content (AvgIpc) is 3.02. The summed E-state index contributed by atoms with van der Waals surface area (Å²) in [7, 11) is 3.33. The summed E-state index contributed by atoms with van der Waals surface area (Å²) in [5.41, 5.74) is 4.70. The Hall–Kier alpha value is -1.91. The summed E-state index contributed by atoms with van der Waals surface area (Å²) >= 11 is 0. The van der Waals surface area contributed by atoms with Crippen LogP contribution in [-0.4, -0.2) is 6.26 Å². The van der Waals surface area contributed by atoms with E-state index in [-0.39, 0.29) is 5.63 Å². The van der Waals surface area contributed by atoms with Crippen LogP contribution < -0.4 is 5.63 Å². The first-order chi connectivity index (χ1) is 11.3. The summed E-state index contributed by atoms with van der Waals surface area (Å²) < 4.78 is 5.55. The molecule has 4 rings (SSSR count). The Morgan fingerprint density at radius 1 is 1.04 bits per heavy atom. The quantitative estimate of drug-likeness (QED) is 0.621. The summed E-state index contributed by atoms with van der Waals surface area (Å²) in [6.07, 6.45) is 5.02. The maximum atomic E-state index is 12.5. The molecule has 1 aromatic rings. The molecule has 0 atom stereocenters. The lowest BCUT2D eigenvalue weighted by atomic mass is 9.97. The highest BCUT2D eigenvalue weighted by Gasteiger charge is 2.25. The van der Waals surface area contributed by atoms with Gasteiger partial charge in [-0.3, -0.25) is 0 Å². The van der Waals surface area contributed by atoms with Crippen LogP contribution in [0, 0.1) is 0 Å². The van der Waals surface area contributed by atoms with Crippen LogP contribution in [0.2, 0.25) is 0 Å². The number of benzene rings is 1. The van der Waals surface area contributed by atoms with Crippen LogP contribution in [0.1, 0.15) is 16.7 Å². The van der Waals surface area contributed by atoms with Crippen LogP contribution in [0.25, 0.3) is 16.9 Å². The SMILES string of the molecule is CSSc1cccc2c(C3=CCc4ccccc43)c(=O)oc-2c1. The molecule has 0 unspecified atom stereocenters. The van der Waals surface area contributed by atoms with Crippen LogP contribution in [0.3, 0.4) is 0 Å². The van der Waals surface area contributed by atoms with E-state index in [0.717, 1.165) is 28.0 Å². The van der Waals surface area contributed by atoms with E-state index in [2.05, 4.69) is 18.2 Å². The normalized spacial score (nSPS) is 13.2. The van der Waals surface area contributed by atoms with Crippen molar-refractivity contribution in [2.75, 3.05) is 6.26 Å². The van der Waals surface area contributed by atoms with Gasteiger partial charge in [-0.1, -0.05) is 64.1 Å². The van der Waals surface area contributed by atoms with Gasteiger partial charge in [-0.05, 0) is 41.5 Å². The first-order valence-electron chi connectivity index (χ1n) is 7.34. The minimum absolute atomic E-state index is 0.255. The van der Waals surface area contributed by atoms with Crippen molar-refractivity contribution in [3.05, 3.63) is 81.7 Å². The van der Waals surface area contributed by atoms with Gasteiger partial charge in [-0.15, -0.1) is 0 Å². The number of rotatable bonds is 3. The van der Waals surface area contributed by atoms with Crippen molar-refractivity contribution in [3.8, 4) is 11.3 Å². The Kier molecular flexibility index (Phi) is 3.79. The predicted octanol–water partition coefficient (Wildman–Crippen LogP) is 5.10. The molecule has 4 heteroatoms. The zero-order valence-corrected chi connectivity index (χ0v) is 14.2. The van der Waals surface area contributed by atoms with Gasteiger partial charge in [-0.2, -0.15) is 0 Å². The van der Waals surface area contributed by atoms with Gasteiger partial charge >= 0.3 is 5.63 Å². The average molecular weight is 338 g/mol. The highest BCUT2D eigenvalue weighted by molar-refractivity contribution is 8.76. The van der Waals surface area contributed by atoms with E-state index in [0.29, 0.717) is 11.3 Å². The van der Waals surface area contributed by atoms with E-state index in [9.17, 15) is 4.79 Å². The monoisotopic (exact) mass is 338 g/mol. The predicted molar refractivity (Wildman–Crippen MR) is 98.2 cm³/mol. The first-order valence-corrected chi connectivity index (χ1v) is 9.90. The molecule has 0 fully saturated rings. The van der Waals surface area contributed by atoms with Crippen molar-refractivity contribution >= 4 is 27.2 Å². The molecule has 0 bridgehead atoms. The second kappa shape index (κ2) is 5.95. The van der Waals surface area contributed by atoms with Gasteiger partial charge in [0, 0.05) is 10.5 Å². The Bertz CT molecular complexity index is 940. The topological polar surface area (TPSA) is 30.2 Å². The van der Waals surface area contributed by atoms with Gasteiger partial charge in [-0.25, -0.2) is 4.79 Å². The highest BCUT2D eigenvalue weighted by Crippen LogP contribution is 2.38. The molecular weight excluding hydrogens is 324 g/mol. The second-order valence-electron chi connectivity index (χ2n) is 5.34. The molecule has 2 aliphatic carbocycles. The summed E-state index contributed by atoms with van der Waals surface area (Å²) in [6.45, 7) is 0. The van der Waals surface area contributed by atoms with Crippen molar-refractivity contribution in [3.63, 3.8) is 0 Å². The molecule has 0 N–H and O–H groups in total. The lowest BCUT2D eigenvalue weighted by Crippen LogP contribution is -2.00. The standard InChI is InChI=1S/C19H14O2S2/c1-22-23-13-6-4-8-16-17(11-13)21-19(20)18(16)15-10-9-12-5-2-3-7-14(12)15/h2-8,10-11H,9H2,1H3. The van der Waals surface area contributed by atoms with E-state index in [1.54, 1.807) is 21.6 Å². The van der Waals surface area contributed by atoms with Crippen molar-refractivity contribution in [2.24, 2.45) is 0 Å². The van der Waals surface area contributed by atoms with E-state index in [4.69, 9.17) is 4.42 Å². The Morgan fingerprint density at radius 2 is 1.87 bits per heavy atom. The van der Waals surface area contributed by atoms with Gasteiger partial charge in [0.15, 0.2) is 0 Å². The second-order valence-corrected chi connectivity index (χ2v) is 7.82. The van der Waals surface area contributed by atoms with E-state index < -0.39 is 0 Å². The number of hydrogen-bond donors (Lipinski definition) is 0. The fourth-order valence-corrected chi connectivity index (χ4v) is 4.42. The fourth-order valence-electron chi connectivity index (χ4n) is 3.05. The summed E-state index contributed by atoms with van der Waals surface area (Å²) in [5, 5.41) is 0. The minimum atomic E-state index is -0.255. The highest BCUT2D eigenvalue weighted by atomic mass is 33.1. The van der Waals surface area contributed by atoms with Gasteiger partial charge in [0.25, 0.3) is 0 Å². The molecule has 3 aliphatic rings. The molecule has 0 amide bonds. The van der Waals surface area contributed by atoms with Crippen molar-refractivity contribution in [1.82, 2.24) is 0 Å². The third-order valence-electron chi connectivity index (χ3n) is 4.02. The van der Waals surface area contributed by atoms with Crippen molar-refractivity contribution < 1.29 is 4.42 Å². The number of allylic oxidation sites excluding steroid dienone is 1. The van der Waals surface area contributed by atoms with Gasteiger partial charge < -0.3 is 4.42 Å². The molecule has 0 aromatic heterocycles. The lowest BCUT2D eigenvalue weighted by Gasteiger charge is -2.03. The first kappa shape index (κ1) is 14.7. The molecule has 1 aliphatic heterocycles. The number of fused-ring (bicyclic) bond motifs is 2. The molecule has 1 heterocycles. The third kappa shape index (κ3) is 2.52. The molecule has 114 valence electrons. The summed E-state index contributed by atoms with van der Waals surface area (Å²) in [6, 6.07) is 16.2. The lowest BCUT2D eigenvalue weighted by molar-refractivity contribution is 0.543. The largest absolute Gasteiger partial charge is 0.422 e. The van der Waals surface area contributed by atoms with Crippen LogP contribution in [0.4, 0.5) is 0 Å². The molecule has 2 nitrogen and oxygen atoms in total. The summed E-state index contributed by atoms with van der Waals surface area (Å²) in [4.78, 5) is 13.6. The third-order valence-corrected chi connectivity index (χ3v) is 5.71. The van der Waals surface area contributed by atoms with E-state index >= 15 is 0 Å². The maximum Gasteiger partial charge on any atom is 0.344 e. The van der Waals surface area contributed by atoms with Gasteiger partial charge in [0.1, 0.15) is 5.76 Å². The minimum Gasteiger partial charge on any atom is -0.422 e. The fraction of sp³-hybridized carbons (Fsp3) is 0.105. The van der Waals surface area contributed by atoms with Crippen LogP contribution in [-0.2, 0) is 6.42 Å². The smallest absolute Gasteiger partial charge is 0.344 e. The molecule has 0 radical (unpaired) electrons. The Morgan fingerprint density at radius 3 is 2.74 bits per heavy atom. The van der Waals surface area contributed by atoms with Crippen molar-refractivity contribution in [1.29, 1.82) is 0 Å². The molecule has 23 heavy (non-hydrogen) atoms. The summed E-state index contributed by atoms with van der Waals surface area (Å²) in [5.74, 6) is 0.650. The van der Waals surface area contributed by atoms with Crippen LogP contribution in [0.5, 0.6) is 0 Å². The van der Waals surface area contributed by atoms with Crippen molar-refractivity contribution in [2.45, 2.75) is 11.3 Å². The van der Waals surface area contributed by atoms with Gasteiger partial charge in [0.2, 0.25) is 0 Å².